The molecule has 10 heteroatoms. The van der Waals surface area contributed by atoms with E-state index in [2.05, 4.69) is 15.6 Å². The van der Waals surface area contributed by atoms with E-state index in [-0.39, 0.29) is 30.6 Å². The lowest BCUT2D eigenvalue weighted by atomic mass is 10.1. The molecule has 4 aromatic rings. The standard InChI is InChI=1S/C31H27ClFN3O5/c32-23-10-8-22(25(33)16-23)18-41-30-3-1-2-26(36-30)20-6-4-19(5-7-20)14-29(37)35-27-11-9-21(31(38)39)15-28(27)34-17-24-12-13-40-24/h1-11,15-16,24,34H,12-14,17-18H2,(H,35,37)(H,38,39). The third-order valence-electron chi connectivity index (χ3n) is 6.58. The van der Waals surface area contributed by atoms with Crippen LogP contribution in [0.15, 0.2) is 78.9 Å². The molecule has 0 spiro atoms. The number of anilines is 2. The van der Waals surface area contributed by atoms with Crippen molar-refractivity contribution in [1.82, 2.24) is 4.98 Å². The van der Waals surface area contributed by atoms with Crippen LogP contribution in [0.5, 0.6) is 5.88 Å². The molecule has 210 valence electrons. The smallest absolute Gasteiger partial charge is 0.335 e. The number of nitrogens with one attached hydrogen (secondary N) is 2. The zero-order valence-electron chi connectivity index (χ0n) is 21.9. The highest BCUT2D eigenvalue weighted by atomic mass is 35.5. The van der Waals surface area contributed by atoms with Crippen molar-refractivity contribution in [2.24, 2.45) is 0 Å². The summed E-state index contributed by atoms with van der Waals surface area (Å²) in [6.45, 7) is 1.24. The first-order chi connectivity index (χ1) is 19.8. The van der Waals surface area contributed by atoms with Crippen LogP contribution in [0.4, 0.5) is 15.8 Å². The zero-order chi connectivity index (χ0) is 28.8. The lowest BCUT2D eigenvalue weighted by Gasteiger charge is -2.27. The number of benzene rings is 3. The molecule has 5 rings (SSSR count). The van der Waals surface area contributed by atoms with Crippen LogP contribution in [0, 0.1) is 5.82 Å². The third kappa shape index (κ3) is 7.39. The Morgan fingerprint density at radius 2 is 1.85 bits per heavy atom. The highest BCUT2D eigenvalue weighted by Gasteiger charge is 2.19. The Kier molecular flexibility index (Phi) is 8.76. The van der Waals surface area contributed by atoms with Crippen molar-refractivity contribution in [3.8, 4) is 17.1 Å². The number of halogens is 2. The molecule has 0 radical (unpaired) electrons. The van der Waals surface area contributed by atoms with Crippen molar-refractivity contribution in [2.45, 2.75) is 25.6 Å². The molecule has 1 unspecified atom stereocenters. The number of amides is 1. The molecule has 1 amide bonds. The molecule has 1 aliphatic rings. The van der Waals surface area contributed by atoms with Gasteiger partial charge in [0.05, 0.1) is 35.2 Å². The van der Waals surface area contributed by atoms with Gasteiger partial charge in [-0.05, 0) is 48.4 Å². The highest BCUT2D eigenvalue weighted by Crippen LogP contribution is 2.26. The maximum absolute atomic E-state index is 14.0. The van der Waals surface area contributed by atoms with E-state index in [4.69, 9.17) is 21.1 Å². The number of pyridine rings is 1. The van der Waals surface area contributed by atoms with Crippen LogP contribution in [0.3, 0.4) is 0 Å². The Bertz CT molecular complexity index is 1560. The average Bonchev–Trinajstić information content (AvgIpc) is 2.93. The molecule has 1 aromatic heterocycles. The SMILES string of the molecule is O=C(Cc1ccc(-c2cccc(OCc3ccc(Cl)cc3F)n2)cc1)Nc1ccc(C(=O)O)cc1NCC1CCO1. The predicted molar refractivity (Wildman–Crippen MR) is 154 cm³/mol. The number of nitrogens with zero attached hydrogens (tertiary/aromatic N) is 1. The van der Waals surface area contributed by atoms with Crippen molar-refractivity contribution in [2.75, 3.05) is 23.8 Å². The van der Waals surface area contributed by atoms with E-state index in [0.29, 0.717) is 46.7 Å². The number of rotatable bonds is 11. The molecule has 2 heterocycles. The van der Waals surface area contributed by atoms with E-state index >= 15 is 0 Å². The van der Waals surface area contributed by atoms with Crippen LogP contribution in [0.25, 0.3) is 11.3 Å². The van der Waals surface area contributed by atoms with E-state index in [1.165, 1.54) is 18.2 Å². The van der Waals surface area contributed by atoms with Gasteiger partial charge in [0.15, 0.2) is 0 Å². The van der Waals surface area contributed by atoms with Gasteiger partial charge in [-0.1, -0.05) is 48.0 Å². The molecule has 1 fully saturated rings. The Morgan fingerprint density at radius 1 is 1.05 bits per heavy atom. The summed E-state index contributed by atoms with van der Waals surface area (Å²) in [5.74, 6) is -1.39. The minimum absolute atomic E-state index is 0.0120. The molecule has 1 atom stereocenters. The molecule has 0 aliphatic carbocycles. The van der Waals surface area contributed by atoms with Crippen molar-refractivity contribution in [3.05, 3.63) is 106 Å². The molecule has 3 aromatic carbocycles. The van der Waals surface area contributed by atoms with E-state index in [0.717, 1.165) is 17.5 Å². The average molecular weight is 576 g/mol. The number of carboxylic acids is 1. The van der Waals surface area contributed by atoms with Crippen molar-refractivity contribution < 1.29 is 28.6 Å². The van der Waals surface area contributed by atoms with Gasteiger partial charge in [-0.2, -0.15) is 0 Å². The summed E-state index contributed by atoms with van der Waals surface area (Å²) in [6.07, 6.45) is 1.12. The second-order valence-electron chi connectivity index (χ2n) is 9.54. The fourth-order valence-electron chi connectivity index (χ4n) is 4.22. The molecular formula is C31H27ClFN3O5. The van der Waals surface area contributed by atoms with Gasteiger partial charge >= 0.3 is 5.97 Å². The highest BCUT2D eigenvalue weighted by molar-refractivity contribution is 6.30. The summed E-state index contributed by atoms with van der Waals surface area (Å²) >= 11 is 5.81. The van der Waals surface area contributed by atoms with Crippen LogP contribution in [0.2, 0.25) is 5.02 Å². The molecular weight excluding hydrogens is 549 g/mol. The van der Waals surface area contributed by atoms with E-state index in [1.54, 1.807) is 30.3 Å². The molecule has 1 aliphatic heterocycles. The number of aromatic carboxylic acids is 1. The number of hydrogen-bond donors (Lipinski definition) is 3. The lowest BCUT2D eigenvalue weighted by molar-refractivity contribution is -0.115. The van der Waals surface area contributed by atoms with Gasteiger partial charge in [-0.25, -0.2) is 14.2 Å². The monoisotopic (exact) mass is 575 g/mol. The van der Waals surface area contributed by atoms with Gasteiger partial charge in [0, 0.05) is 35.4 Å². The largest absolute Gasteiger partial charge is 0.478 e. The second kappa shape index (κ2) is 12.8. The quantitative estimate of drug-likeness (QED) is 0.195. The van der Waals surface area contributed by atoms with Crippen LogP contribution in [-0.4, -0.2) is 41.2 Å². The second-order valence-corrected chi connectivity index (χ2v) is 9.97. The summed E-state index contributed by atoms with van der Waals surface area (Å²) in [5, 5.41) is 15.7. The van der Waals surface area contributed by atoms with E-state index in [9.17, 15) is 19.1 Å². The normalized spacial score (nSPS) is 14.1. The maximum atomic E-state index is 14.0. The van der Waals surface area contributed by atoms with Gasteiger partial charge in [0.2, 0.25) is 11.8 Å². The minimum Gasteiger partial charge on any atom is -0.478 e. The molecule has 0 bridgehead atoms. The van der Waals surface area contributed by atoms with Crippen molar-refractivity contribution in [3.63, 3.8) is 0 Å². The predicted octanol–water partition coefficient (Wildman–Crippen LogP) is 6.20. The van der Waals surface area contributed by atoms with Crippen LogP contribution in [0.1, 0.15) is 27.9 Å². The summed E-state index contributed by atoms with van der Waals surface area (Å²) in [4.78, 5) is 28.8. The first kappa shape index (κ1) is 28.1. The number of ether oxygens (including phenoxy) is 2. The fraction of sp³-hybridized carbons (Fsp3) is 0.194. The summed E-state index contributed by atoms with van der Waals surface area (Å²) < 4.78 is 25.2. The number of hydrogen-bond acceptors (Lipinski definition) is 6. The number of aromatic nitrogens is 1. The summed E-state index contributed by atoms with van der Waals surface area (Å²) in [7, 11) is 0. The van der Waals surface area contributed by atoms with E-state index < -0.39 is 11.8 Å². The maximum Gasteiger partial charge on any atom is 0.335 e. The molecule has 3 N–H and O–H groups in total. The zero-order valence-corrected chi connectivity index (χ0v) is 22.7. The van der Waals surface area contributed by atoms with Gasteiger partial charge in [-0.15, -0.1) is 0 Å². The van der Waals surface area contributed by atoms with Crippen LogP contribution < -0.4 is 15.4 Å². The Morgan fingerprint density at radius 3 is 2.56 bits per heavy atom. The van der Waals surface area contributed by atoms with Crippen molar-refractivity contribution in [1.29, 1.82) is 0 Å². The Hall–Kier alpha value is -4.47. The van der Waals surface area contributed by atoms with Gasteiger partial charge in [0.1, 0.15) is 12.4 Å². The third-order valence-corrected chi connectivity index (χ3v) is 6.82. The van der Waals surface area contributed by atoms with E-state index in [1.807, 2.05) is 30.3 Å². The fourth-order valence-corrected chi connectivity index (χ4v) is 4.38. The Balaban J connectivity index is 1.20. The molecule has 1 saturated heterocycles. The number of carbonyl (C=O) groups is 2. The molecule has 41 heavy (non-hydrogen) atoms. The summed E-state index contributed by atoms with van der Waals surface area (Å²) in [6, 6.07) is 21.7. The first-order valence-corrected chi connectivity index (χ1v) is 13.4. The summed E-state index contributed by atoms with van der Waals surface area (Å²) in [5.41, 5.74) is 3.79. The van der Waals surface area contributed by atoms with Crippen LogP contribution >= 0.6 is 11.6 Å². The van der Waals surface area contributed by atoms with Crippen molar-refractivity contribution >= 4 is 34.9 Å². The number of carbonyl (C=O) groups excluding carboxylic acids is 1. The Labute approximate surface area is 241 Å². The first-order valence-electron chi connectivity index (χ1n) is 13.0. The van der Waals surface area contributed by atoms with Gasteiger partial charge in [-0.3, -0.25) is 4.79 Å². The minimum atomic E-state index is -1.05. The molecule has 8 nitrogen and oxygen atoms in total. The number of carboxylic acid groups (broad SMARTS) is 1. The van der Waals surface area contributed by atoms with Gasteiger partial charge in [0.25, 0.3) is 0 Å². The van der Waals surface area contributed by atoms with Crippen LogP contribution in [-0.2, 0) is 22.6 Å². The lowest BCUT2D eigenvalue weighted by Crippen LogP contribution is -2.33. The topological polar surface area (TPSA) is 110 Å². The molecule has 0 saturated carbocycles. The van der Waals surface area contributed by atoms with Gasteiger partial charge < -0.3 is 25.2 Å².